The molecule has 0 atom stereocenters. The highest BCUT2D eigenvalue weighted by atomic mass is 35.7. The molecule has 3 rings (SSSR count). The second kappa shape index (κ2) is 6.90. The van der Waals surface area contributed by atoms with Gasteiger partial charge in [-0.3, -0.25) is 0 Å². The first-order chi connectivity index (χ1) is 11.9. The fraction of sp³-hybridized carbons (Fsp3) is 0.158. The molecule has 0 aromatic heterocycles. The fourth-order valence-corrected chi connectivity index (χ4v) is 3.11. The topological polar surface area (TPSA) is 87.6 Å². The molecule has 2 aromatic rings. The summed E-state index contributed by atoms with van der Waals surface area (Å²) in [5.74, 6) is 1.25. The molecule has 0 unspecified atom stereocenters. The molecule has 0 saturated carbocycles. The molecular formula is C19H17ClO5. The molecule has 25 heavy (non-hydrogen) atoms. The van der Waals surface area contributed by atoms with Gasteiger partial charge in [0.15, 0.2) is 0 Å². The van der Waals surface area contributed by atoms with Crippen molar-refractivity contribution in [2.75, 3.05) is 0 Å². The Morgan fingerprint density at radius 1 is 1.08 bits per heavy atom. The van der Waals surface area contributed by atoms with Gasteiger partial charge < -0.3 is 4.74 Å². The largest absolute Gasteiger partial charge is 0.457 e. The summed E-state index contributed by atoms with van der Waals surface area (Å²) in [5, 5.41) is 0. The zero-order valence-corrected chi connectivity index (χ0v) is 14.6. The van der Waals surface area contributed by atoms with Crippen molar-refractivity contribution < 1.29 is 33.2 Å². The smallest absolute Gasteiger partial charge is 0.295 e. The van der Waals surface area contributed by atoms with Crippen LogP contribution < -0.4 is 23.0 Å². The zero-order chi connectivity index (χ0) is 18.0. The first-order valence-corrected chi connectivity index (χ1v) is 9.00. The van der Waals surface area contributed by atoms with Gasteiger partial charge in [0.2, 0.25) is 0 Å². The zero-order valence-electron chi connectivity index (χ0n) is 13.8. The summed E-state index contributed by atoms with van der Waals surface area (Å²) in [4.78, 5) is 0. The molecule has 0 N–H and O–H groups in total. The Morgan fingerprint density at radius 3 is 2.56 bits per heavy atom. The third-order valence-corrected chi connectivity index (χ3v) is 4.26. The van der Waals surface area contributed by atoms with Gasteiger partial charge in [-0.2, -0.15) is 14.0 Å². The van der Waals surface area contributed by atoms with E-state index in [0.29, 0.717) is 17.7 Å². The van der Waals surface area contributed by atoms with E-state index in [4.69, 9.17) is 4.74 Å². The number of aryl methyl sites for hydroxylation is 1. The maximum absolute atomic E-state index is 11.0. The number of allylic oxidation sites excluding steroid dienone is 2. The molecule has 5 nitrogen and oxygen atoms in total. The lowest BCUT2D eigenvalue weighted by atomic mass is 10.0. The number of hydrogen-bond acceptors (Lipinski definition) is 5. The molecule has 130 valence electrons. The van der Waals surface area contributed by atoms with E-state index >= 15 is 0 Å². The normalized spacial score (nSPS) is 15.4. The van der Waals surface area contributed by atoms with Crippen LogP contribution in [0.15, 0.2) is 54.3 Å². The average Bonchev–Trinajstić information content (AvgIpc) is 2.55. The minimum Gasteiger partial charge on any atom is -0.457 e. The van der Waals surface area contributed by atoms with Crippen LogP contribution in [0.25, 0.3) is 11.6 Å². The molecule has 0 aliphatic carbocycles. The van der Waals surface area contributed by atoms with Gasteiger partial charge in [-0.25, -0.2) is 0 Å². The van der Waals surface area contributed by atoms with Crippen LogP contribution in [0.5, 0.6) is 11.5 Å². The summed E-state index contributed by atoms with van der Waals surface area (Å²) in [6.45, 7) is 3.90. The standard InChI is InChI=1S/C19H17ClO5/c1-3-14-7-6-10-19(25-20(21,22)23)17(14)12-15-11-13(2)16-8-4-5-9-18(16)24-15/h4-12H,3H2,1-2H3. The van der Waals surface area contributed by atoms with Crippen LogP contribution in [-0.4, -0.2) is 0 Å². The van der Waals surface area contributed by atoms with Crippen LogP contribution in [0.3, 0.4) is 0 Å². The van der Waals surface area contributed by atoms with Gasteiger partial charge in [0.05, 0.1) is 0 Å². The highest BCUT2D eigenvalue weighted by molar-refractivity contribution is 5.76. The third-order valence-electron chi connectivity index (χ3n) is 3.90. The molecule has 0 bridgehead atoms. The maximum Gasteiger partial charge on any atom is 0.295 e. The minimum absolute atomic E-state index is 0.0166. The van der Waals surface area contributed by atoms with Crippen LogP contribution in [0, 0.1) is 10.2 Å². The molecule has 0 spiro atoms. The van der Waals surface area contributed by atoms with Crippen LogP contribution in [0.2, 0.25) is 0 Å². The van der Waals surface area contributed by atoms with Crippen molar-refractivity contribution in [2.24, 2.45) is 0 Å². The maximum atomic E-state index is 11.0. The van der Waals surface area contributed by atoms with E-state index in [1.165, 1.54) is 6.07 Å². The number of para-hydroxylation sites is 1. The molecule has 0 saturated heterocycles. The van der Waals surface area contributed by atoms with E-state index < -0.39 is 10.2 Å². The minimum atomic E-state index is -4.57. The molecule has 1 heterocycles. The number of rotatable bonds is 4. The molecule has 0 amide bonds. The predicted octanol–water partition coefficient (Wildman–Crippen LogP) is 1.36. The Balaban J connectivity index is 2.06. The lowest BCUT2D eigenvalue weighted by molar-refractivity contribution is -1.91. The lowest BCUT2D eigenvalue weighted by Crippen LogP contribution is -2.63. The number of ether oxygens (including phenoxy) is 1. The first-order valence-electron chi connectivity index (χ1n) is 7.77. The Labute approximate surface area is 148 Å². The van der Waals surface area contributed by atoms with Crippen molar-refractivity contribution in [2.45, 2.75) is 20.3 Å². The van der Waals surface area contributed by atoms with Crippen LogP contribution in [-0.2, 0) is 6.42 Å². The van der Waals surface area contributed by atoms with Gasteiger partial charge >= 0.3 is 0 Å². The van der Waals surface area contributed by atoms with E-state index in [1.807, 2.05) is 50.3 Å². The molecule has 1 aliphatic rings. The fourth-order valence-electron chi connectivity index (χ4n) is 2.77. The average molecular weight is 361 g/mol. The summed E-state index contributed by atoms with van der Waals surface area (Å²) < 4.78 is 43.4. The second-order valence-electron chi connectivity index (χ2n) is 5.61. The van der Waals surface area contributed by atoms with Crippen LogP contribution in [0.4, 0.5) is 0 Å². The van der Waals surface area contributed by atoms with Crippen molar-refractivity contribution in [3.63, 3.8) is 0 Å². The summed E-state index contributed by atoms with van der Waals surface area (Å²) in [5.41, 5.74) is 3.38. The molecule has 0 radical (unpaired) electrons. The van der Waals surface area contributed by atoms with E-state index in [0.717, 1.165) is 22.4 Å². The number of halogens is 1. The quantitative estimate of drug-likeness (QED) is 0.821. The SMILES string of the molecule is CCc1cccc(O[Cl+3]([O-])([O-])[O-])c1C=C1C=C(C)c2ccccc2O1. The first kappa shape index (κ1) is 17.5. The van der Waals surface area contributed by atoms with E-state index in [1.54, 1.807) is 12.1 Å². The Bertz CT molecular complexity index is 849. The molecule has 1 aliphatic heterocycles. The summed E-state index contributed by atoms with van der Waals surface area (Å²) in [6, 6.07) is 12.6. The van der Waals surface area contributed by atoms with Gasteiger partial charge in [-0.15, -0.1) is 0 Å². The predicted molar refractivity (Wildman–Crippen MR) is 85.1 cm³/mol. The molecule has 6 heteroatoms. The summed E-state index contributed by atoms with van der Waals surface area (Å²) >= 11 is 0. The third kappa shape index (κ3) is 4.03. The molecule has 0 fully saturated rings. The van der Waals surface area contributed by atoms with Crippen molar-refractivity contribution in [1.82, 2.24) is 0 Å². The molecular weight excluding hydrogens is 344 g/mol. The number of fused-ring (bicyclic) bond motifs is 1. The lowest BCUT2D eigenvalue weighted by Gasteiger charge is -2.19. The van der Waals surface area contributed by atoms with E-state index in [9.17, 15) is 14.0 Å². The highest BCUT2D eigenvalue weighted by Gasteiger charge is 2.24. The van der Waals surface area contributed by atoms with Crippen molar-refractivity contribution in [3.8, 4) is 11.5 Å². The van der Waals surface area contributed by atoms with Gasteiger partial charge in [-0.05, 0) is 48.8 Å². The van der Waals surface area contributed by atoms with Crippen molar-refractivity contribution >= 4 is 11.6 Å². The highest BCUT2D eigenvalue weighted by Crippen LogP contribution is 2.35. The van der Waals surface area contributed by atoms with Crippen LogP contribution in [0.1, 0.15) is 30.5 Å². The van der Waals surface area contributed by atoms with Gasteiger partial charge in [0, 0.05) is 11.1 Å². The summed E-state index contributed by atoms with van der Waals surface area (Å²) in [7, 11) is -4.57. The van der Waals surface area contributed by atoms with Gasteiger partial charge in [-0.1, -0.05) is 41.5 Å². The van der Waals surface area contributed by atoms with E-state index in [-0.39, 0.29) is 5.75 Å². The van der Waals surface area contributed by atoms with Gasteiger partial charge in [0.1, 0.15) is 21.8 Å². The number of benzene rings is 2. The monoisotopic (exact) mass is 360 g/mol. The Kier molecular flexibility index (Phi) is 4.83. The summed E-state index contributed by atoms with van der Waals surface area (Å²) in [6.07, 6.45) is 4.20. The second-order valence-corrected chi connectivity index (χ2v) is 6.52. The van der Waals surface area contributed by atoms with E-state index in [2.05, 4.69) is 4.29 Å². The number of hydrogen-bond donors (Lipinski definition) is 0. The van der Waals surface area contributed by atoms with Crippen molar-refractivity contribution in [1.29, 1.82) is 0 Å². The Morgan fingerprint density at radius 2 is 1.84 bits per heavy atom. The van der Waals surface area contributed by atoms with Gasteiger partial charge in [0.25, 0.3) is 5.75 Å². The Hall–Kier alpha value is -2.31. The molecule has 2 aromatic carbocycles. The van der Waals surface area contributed by atoms with Crippen molar-refractivity contribution in [3.05, 3.63) is 71.0 Å². The van der Waals surface area contributed by atoms with Crippen LogP contribution >= 0.6 is 0 Å².